The minimum Gasteiger partial charge on any atom is -0.361 e. The van der Waals surface area contributed by atoms with Crippen molar-refractivity contribution in [1.29, 1.82) is 0 Å². The number of benzene rings is 1. The van der Waals surface area contributed by atoms with Gasteiger partial charge in [0.05, 0.1) is 12.1 Å². The number of amides is 1. The summed E-state index contributed by atoms with van der Waals surface area (Å²) in [5.41, 5.74) is -0.747. The highest BCUT2D eigenvalue weighted by atomic mass is 19.4. The van der Waals surface area contributed by atoms with Crippen molar-refractivity contribution in [3.63, 3.8) is 0 Å². The van der Waals surface area contributed by atoms with Gasteiger partial charge in [0.1, 0.15) is 17.3 Å². The number of alkyl halides is 3. The van der Waals surface area contributed by atoms with E-state index in [4.69, 9.17) is 4.52 Å². The van der Waals surface area contributed by atoms with E-state index in [1.165, 1.54) is 12.1 Å². The van der Waals surface area contributed by atoms with Gasteiger partial charge in [-0.3, -0.25) is 14.9 Å². The van der Waals surface area contributed by atoms with Gasteiger partial charge in [0, 0.05) is 17.7 Å². The molecule has 3 rings (SSSR count). The van der Waals surface area contributed by atoms with E-state index >= 15 is 0 Å². The fourth-order valence-electron chi connectivity index (χ4n) is 2.40. The molecule has 0 saturated heterocycles. The fraction of sp³-hybridized carbons (Fsp3) is 0.158. The maximum absolute atomic E-state index is 12.7. The zero-order valence-corrected chi connectivity index (χ0v) is 15.6. The van der Waals surface area contributed by atoms with Crippen LogP contribution in [-0.4, -0.2) is 22.0 Å². The first-order chi connectivity index (χ1) is 14.2. The van der Waals surface area contributed by atoms with Crippen molar-refractivity contribution in [2.24, 2.45) is 4.99 Å². The number of H-pyrrole nitrogens is 1. The second-order valence-electron chi connectivity index (χ2n) is 6.18. The third-order valence-electron chi connectivity index (χ3n) is 3.80. The smallest absolute Gasteiger partial charge is 0.361 e. The van der Waals surface area contributed by atoms with E-state index in [1.807, 2.05) is 0 Å². The van der Waals surface area contributed by atoms with Gasteiger partial charge < -0.3 is 14.8 Å². The van der Waals surface area contributed by atoms with E-state index in [-0.39, 0.29) is 29.4 Å². The van der Waals surface area contributed by atoms with Gasteiger partial charge in [-0.1, -0.05) is 11.2 Å². The van der Waals surface area contributed by atoms with Crippen LogP contribution in [0.5, 0.6) is 0 Å². The summed E-state index contributed by atoms with van der Waals surface area (Å²) in [6.07, 6.45) is -4.50. The largest absolute Gasteiger partial charge is 0.416 e. The molecule has 156 valence electrons. The molecule has 0 spiro atoms. The molecule has 3 aromatic rings. The summed E-state index contributed by atoms with van der Waals surface area (Å²) >= 11 is 0. The second-order valence-corrected chi connectivity index (χ2v) is 6.18. The van der Waals surface area contributed by atoms with Gasteiger partial charge in [-0.2, -0.15) is 13.2 Å². The van der Waals surface area contributed by atoms with Gasteiger partial charge in [-0.15, -0.1) is 0 Å². The molecule has 0 radical (unpaired) electrons. The number of aliphatic imine (C=N–C) groups is 1. The summed E-state index contributed by atoms with van der Waals surface area (Å²) in [6.45, 7) is 1.75. The van der Waals surface area contributed by atoms with Crippen LogP contribution in [0.1, 0.15) is 27.4 Å². The number of nitrogens with zero attached hydrogens (tertiary/aromatic N) is 2. The first-order valence-corrected chi connectivity index (χ1v) is 8.62. The van der Waals surface area contributed by atoms with E-state index < -0.39 is 17.6 Å². The maximum Gasteiger partial charge on any atom is 0.416 e. The summed E-state index contributed by atoms with van der Waals surface area (Å²) in [5, 5.41) is 9.02. The summed E-state index contributed by atoms with van der Waals surface area (Å²) < 4.78 is 43.0. The number of guanidine groups is 1. The number of carbonyl (C=O) groups excluding carboxylic acids is 1. The molecule has 0 aliphatic heterocycles. The zero-order valence-electron chi connectivity index (χ0n) is 15.6. The number of aromatic amines is 1. The minimum atomic E-state index is -4.50. The molecule has 30 heavy (non-hydrogen) atoms. The first kappa shape index (κ1) is 20.8. The number of nitrogens with one attached hydrogen (secondary N) is 3. The lowest BCUT2D eigenvalue weighted by atomic mass is 10.1. The average Bonchev–Trinajstić information content (AvgIpc) is 3.11. The first-order valence-electron chi connectivity index (χ1n) is 8.62. The predicted molar refractivity (Wildman–Crippen MR) is 102 cm³/mol. The minimum absolute atomic E-state index is 0.00339. The number of aryl methyl sites for hydroxylation is 1. The molecule has 1 aromatic carbocycles. The summed E-state index contributed by atoms with van der Waals surface area (Å²) in [4.78, 5) is 30.7. The summed E-state index contributed by atoms with van der Waals surface area (Å²) in [7, 11) is 0. The molecule has 0 aliphatic carbocycles. The topological polar surface area (TPSA) is 112 Å². The molecule has 8 nitrogen and oxygen atoms in total. The quantitative estimate of drug-likeness (QED) is 0.444. The van der Waals surface area contributed by atoms with Crippen LogP contribution in [0.2, 0.25) is 0 Å². The number of hydrogen-bond acceptors (Lipinski definition) is 5. The Morgan fingerprint density at radius 1 is 1.20 bits per heavy atom. The van der Waals surface area contributed by atoms with Gasteiger partial charge >= 0.3 is 6.18 Å². The predicted octanol–water partition coefficient (Wildman–Crippen LogP) is 3.09. The van der Waals surface area contributed by atoms with Gasteiger partial charge in [0.25, 0.3) is 5.91 Å². The van der Waals surface area contributed by atoms with Crippen LogP contribution in [0.25, 0.3) is 0 Å². The van der Waals surface area contributed by atoms with Crippen molar-refractivity contribution in [3.8, 4) is 0 Å². The van der Waals surface area contributed by atoms with Crippen LogP contribution in [0.3, 0.4) is 0 Å². The highest BCUT2D eigenvalue weighted by Crippen LogP contribution is 2.29. The Morgan fingerprint density at radius 2 is 1.93 bits per heavy atom. The Labute approximate surface area is 167 Å². The van der Waals surface area contributed by atoms with Gasteiger partial charge in [0.15, 0.2) is 0 Å². The van der Waals surface area contributed by atoms with E-state index in [1.54, 1.807) is 19.1 Å². The molecule has 11 heteroatoms. The molecule has 2 aromatic heterocycles. The number of rotatable bonds is 4. The molecular weight excluding hydrogens is 403 g/mol. The Balaban J connectivity index is 1.80. The van der Waals surface area contributed by atoms with Crippen molar-refractivity contribution in [1.82, 2.24) is 15.5 Å². The number of aromatic nitrogens is 2. The number of halogens is 3. The standard InChI is InChI=1S/C19H16F3N5O3/c1-11-9-14(27-30-11)10-23-18(25-15-3-2-4-16(28)24-15)26-17(29)12-5-7-13(8-6-12)19(20,21)22/h2-9H,10H2,1H3,(H3,23,24,25,26,28,29). The number of anilines is 1. The molecule has 0 atom stereocenters. The van der Waals surface area contributed by atoms with Crippen LogP contribution in [-0.2, 0) is 12.7 Å². The van der Waals surface area contributed by atoms with Gasteiger partial charge in [-0.05, 0) is 37.3 Å². The SMILES string of the molecule is Cc1cc(CN=C(NC(=O)c2ccc(C(F)(F)F)cc2)Nc2cccc(=O)[nH]2)no1. The molecule has 0 aliphatic rings. The highest BCUT2D eigenvalue weighted by molar-refractivity contribution is 6.09. The maximum atomic E-state index is 12.7. The molecule has 0 bridgehead atoms. The molecule has 0 unspecified atom stereocenters. The summed E-state index contributed by atoms with van der Waals surface area (Å²) in [5.74, 6) is 0.105. The number of pyridine rings is 1. The highest BCUT2D eigenvalue weighted by Gasteiger charge is 2.30. The van der Waals surface area contributed by atoms with E-state index in [0.717, 1.165) is 24.3 Å². The molecule has 3 N–H and O–H groups in total. The zero-order chi connectivity index (χ0) is 21.7. The van der Waals surface area contributed by atoms with E-state index in [2.05, 4.69) is 25.8 Å². The Bertz CT molecular complexity index is 1120. The molecule has 0 saturated carbocycles. The van der Waals surface area contributed by atoms with Crippen LogP contribution in [0.15, 0.2) is 62.8 Å². The molecule has 1 amide bonds. The molecule has 0 fully saturated rings. The van der Waals surface area contributed by atoms with Crippen molar-refractivity contribution in [2.45, 2.75) is 19.6 Å². The Kier molecular flexibility index (Phi) is 6.00. The van der Waals surface area contributed by atoms with Crippen molar-refractivity contribution in [3.05, 3.63) is 81.5 Å². The lowest BCUT2D eigenvalue weighted by Crippen LogP contribution is -2.36. The lowest BCUT2D eigenvalue weighted by Gasteiger charge is -2.12. The van der Waals surface area contributed by atoms with Crippen LogP contribution in [0, 0.1) is 6.92 Å². The number of carbonyl (C=O) groups is 1. The molecule has 2 heterocycles. The average molecular weight is 419 g/mol. The third-order valence-corrected chi connectivity index (χ3v) is 3.80. The molecular formula is C19H16F3N5O3. The lowest BCUT2D eigenvalue weighted by molar-refractivity contribution is -0.137. The van der Waals surface area contributed by atoms with Crippen LogP contribution in [0.4, 0.5) is 19.0 Å². The monoisotopic (exact) mass is 419 g/mol. The van der Waals surface area contributed by atoms with Crippen molar-refractivity contribution >= 4 is 17.7 Å². The second kappa shape index (κ2) is 8.64. The van der Waals surface area contributed by atoms with Gasteiger partial charge in [-0.25, -0.2) is 4.99 Å². The van der Waals surface area contributed by atoms with Crippen LogP contribution >= 0.6 is 0 Å². The number of hydrogen-bond donors (Lipinski definition) is 3. The normalized spacial score (nSPS) is 11.9. The fourth-order valence-corrected chi connectivity index (χ4v) is 2.40. The van der Waals surface area contributed by atoms with Gasteiger partial charge in [0.2, 0.25) is 11.5 Å². The van der Waals surface area contributed by atoms with Crippen molar-refractivity contribution in [2.75, 3.05) is 5.32 Å². The Morgan fingerprint density at radius 3 is 2.53 bits per heavy atom. The van der Waals surface area contributed by atoms with E-state index in [9.17, 15) is 22.8 Å². The van der Waals surface area contributed by atoms with Crippen molar-refractivity contribution < 1.29 is 22.5 Å². The van der Waals surface area contributed by atoms with E-state index in [0.29, 0.717) is 11.5 Å². The van der Waals surface area contributed by atoms with Crippen LogP contribution < -0.4 is 16.2 Å². The summed E-state index contributed by atoms with van der Waals surface area (Å²) in [6, 6.07) is 9.74. The Hall–Kier alpha value is -3.89. The third kappa shape index (κ3) is 5.56.